The number of nitriles is 1. The zero-order valence-electron chi connectivity index (χ0n) is 16.1. The molecule has 0 aliphatic heterocycles. The van der Waals surface area contributed by atoms with Crippen LogP contribution in [0.1, 0.15) is 24.8 Å². The van der Waals surface area contributed by atoms with Crippen LogP contribution in [0.15, 0.2) is 47.1 Å². The Labute approximate surface area is 169 Å². The SMILES string of the molecule is COc1ccc(C)cc1N(N)/C(=N\N)SCCC(=O)C1=CCCC(C#N)C=C1. The Bertz CT molecular complexity index is 841. The Morgan fingerprint density at radius 3 is 2.96 bits per heavy atom. The lowest BCUT2D eigenvalue weighted by atomic mass is 10.1. The Morgan fingerprint density at radius 1 is 1.50 bits per heavy atom. The number of nitrogens with two attached hydrogens (primary N) is 2. The number of methoxy groups -OCH3 is 1. The van der Waals surface area contributed by atoms with Crippen molar-refractivity contribution >= 4 is 28.4 Å². The Balaban J connectivity index is 1.97. The Hall–Kier alpha value is -2.76. The van der Waals surface area contributed by atoms with Gasteiger partial charge in [-0.25, -0.2) is 5.84 Å². The van der Waals surface area contributed by atoms with E-state index in [1.54, 1.807) is 19.3 Å². The van der Waals surface area contributed by atoms with Crippen LogP contribution in [-0.2, 0) is 4.79 Å². The van der Waals surface area contributed by atoms with Gasteiger partial charge in [0.05, 0.1) is 19.1 Å². The van der Waals surface area contributed by atoms with Gasteiger partial charge in [-0.15, -0.1) is 0 Å². The molecule has 0 saturated carbocycles. The highest BCUT2D eigenvalue weighted by atomic mass is 32.2. The summed E-state index contributed by atoms with van der Waals surface area (Å²) < 4.78 is 5.35. The quantitative estimate of drug-likeness (QED) is 0.327. The van der Waals surface area contributed by atoms with Crippen LogP contribution in [0.25, 0.3) is 0 Å². The molecule has 2 rings (SSSR count). The van der Waals surface area contributed by atoms with Crippen LogP contribution < -0.4 is 21.4 Å². The van der Waals surface area contributed by atoms with Crippen LogP contribution in [-0.4, -0.2) is 23.8 Å². The van der Waals surface area contributed by atoms with E-state index < -0.39 is 0 Å². The monoisotopic (exact) mass is 399 g/mol. The summed E-state index contributed by atoms with van der Waals surface area (Å²) in [7, 11) is 1.57. The molecular weight excluding hydrogens is 374 g/mol. The van der Waals surface area contributed by atoms with E-state index in [-0.39, 0.29) is 11.7 Å². The first-order valence-corrected chi connectivity index (χ1v) is 9.90. The van der Waals surface area contributed by atoms with Gasteiger partial charge in [-0.05, 0) is 37.5 Å². The summed E-state index contributed by atoms with van der Waals surface area (Å²) in [4.78, 5) is 12.4. The van der Waals surface area contributed by atoms with Crippen molar-refractivity contribution in [2.75, 3.05) is 17.9 Å². The van der Waals surface area contributed by atoms with E-state index in [0.717, 1.165) is 18.4 Å². The number of rotatable bonds is 6. The number of hydrazone groups is 1. The smallest absolute Gasteiger partial charge is 0.201 e. The Morgan fingerprint density at radius 2 is 2.29 bits per heavy atom. The number of hydrazine groups is 1. The van der Waals surface area contributed by atoms with Gasteiger partial charge in [0, 0.05) is 17.7 Å². The minimum atomic E-state index is -0.137. The zero-order valence-corrected chi connectivity index (χ0v) is 16.9. The summed E-state index contributed by atoms with van der Waals surface area (Å²) in [6.07, 6.45) is 7.21. The second kappa shape index (κ2) is 10.5. The molecule has 0 saturated heterocycles. The summed E-state index contributed by atoms with van der Waals surface area (Å²) in [5.74, 6) is 12.7. The number of Topliss-reactive ketones (excluding diaryl/α,β-unsaturated/α-hetero) is 1. The molecule has 28 heavy (non-hydrogen) atoms. The minimum Gasteiger partial charge on any atom is -0.495 e. The number of hydrogen-bond donors (Lipinski definition) is 2. The number of benzene rings is 1. The lowest BCUT2D eigenvalue weighted by Crippen LogP contribution is -2.37. The minimum absolute atomic E-state index is 0.0235. The van der Waals surface area contributed by atoms with E-state index in [2.05, 4.69) is 11.2 Å². The summed E-state index contributed by atoms with van der Waals surface area (Å²) in [6, 6.07) is 7.84. The third-order valence-corrected chi connectivity index (χ3v) is 5.28. The maximum absolute atomic E-state index is 12.4. The second-order valence-corrected chi connectivity index (χ2v) is 7.37. The molecule has 0 amide bonds. The zero-order chi connectivity index (χ0) is 20.5. The highest BCUT2D eigenvalue weighted by Crippen LogP contribution is 2.29. The first kappa shape index (κ1) is 21.5. The van der Waals surface area contributed by atoms with Crippen molar-refractivity contribution in [3.05, 3.63) is 47.6 Å². The van der Waals surface area contributed by atoms with E-state index in [1.807, 2.05) is 31.2 Å². The molecule has 1 aliphatic carbocycles. The lowest BCUT2D eigenvalue weighted by Gasteiger charge is -2.22. The number of thioether (sulfide) groups is 1. The van der Waals surface area contributed by atoms with E-state index in [1.165, 1.54) is 16.8 Å². The van der Waals surface area contributed by atoms with Crippen molar-refractivity contribution in [2.45, 2.75) is 26.2 Å². The molecule has 0 spiro atoms. The molecule has 7 nitrogen and oxygen atoms in total. The van der Waals surface area contributed by atoms with Crippen molar-refractivity contribution < 1.29 is 9.53 Å². The topological polar surface area (TPSA) is 118 Å². The molecule has 1 atom stereocenters. The predicted octanol–water partition coefficient (Wildman–Crippen LogP) is 3.02. The number of nitrogens with zero attached hydrogens (tertiary/aromatic N) is 3. The molecular formula is C20H25N5O2S. The number of amidine groups is 1. The number of allylic oxidation sites excluding steroid dienone is 4. The van der Waals surface area contributed by atoms with Crippen LogP contribution in [0.4, 0.5) is 5.69 Å². The van der Waals surface area contributed by atoms with E-state index in [9.17, 15) is 4.79 Å². The van der Waals surface area contributed by atoms with Gasteiger partial charge in [-0.3, -0.25) is 9.80 Å². The number of ether oxygens (including phenoxy) is 1. The van der Waals surface area contributed by atoms with Crippen molar-refractivity contribution in [2.24, 2.45) is 22.7 Å². The van der Waals surface area contributed by atoms with Gasteiger partial charge < -0.3 is 10.6 Å². The molecule has 0 radical (unpaired) electrons. The van der Waals surface area contributed by atoms with E-state index in [4.69, 9.17) is 21.7 Å². The van der Waals surface area contributed by atoms with Gasteiger partial charge in [-0.1, -0.05) is 36.1 Å². The standard InChI is InChI=1S/C20H25N5O2S/c1-14-6-9-19(27-2)17(12-14)25(23)20(24-22)28-11-10-18(26)16-5-3-4-15(13-21)7-8-16/h5-9,12,15H,3-4,10-11,22-23H2,1-2H3/b24-20+. The lowest BCUT2D eigenvalue weighted by molar-refractivity contribution is -0.114. The summed E-state index contributed by atoms with van der Waals surface area (Å²) in [5.41, 5.74) is 2.31. The summed E-state index contributed by atoms with van der Waals surface area (Å²) >= 11 is 1.30. The van der Waals surface area contributed by atoms with Crippen molar-refractivity contribution in [1.29, 1.82) is 5.26 Å². The van der Waals surface area contributed by atoms with E-state index in [0.29, 0.717) is 34.4 Å². The van der Waals surface area contributed by atoms with Crippen molar-refractivity contribution in [1.82, 2.24) is 0 Å². The first-order valence-electron chi connectivity index (χ1n) is 8.91. The van der Waals surface area contributed by atoms with Crippen LogP contribution in [0.5, 0.6) is 5.75 Å². The van der Waals surface area contributed by atoms with Gasteiger partial charge in [0.15, 0.2) is 5.78 Å². The normalized spacial score (nSPS) is 16.7. The van der Waals surface area contributed by atoms with Crippen molar-refractivity contribution in [3.8, 4) is 11.8 Å². The molecule has 148 valence electrons. The predicted molar refractivity (Wildman–Crippen MR) is 114 cm³/mol. The van der Waals surface area contributed by atoms with Crippen LogP contribution in [0.2, 0.25) is 0 Å². The molecule has 1 aromatic carbocycles. The molecule has 4 N–H and O–H groups in total. The fraction of sp³-hybridized carbons (Fsp3) is 0.350. The molecule has 1 unspecified atom stereocenters. The third kappa shape index (κ3) is 5.62. The first-order chi connectivity index (χ1) is 13.5. The number of ketones is 1. The summed E-state index contributed by atoms with van der Waals surface area (Å²) in [5, 5.41) is 14.5. The molecule has 1 aliphatic rings. The average molecular weight is 400 g/mol. The molecule has 8 heteroatoms. The molecule has 0 bridgehead atoms. The summed E-state index contributed by atoms with van der Waals surface area (Å²) in [6.45, 7) is 1.95. The van der Waals surface area contributed by atoms with Gasteiger partial charge in [0.1, 0.15) is 11.4 Å². The highest BCUT2D eigenvalue weighted by Gasteiger charge is 2.17. The number of carbonyl (C=O) groups is 1. The molecule has 0 heterocycles. The molecule has 1 aromatic rings. The maximum Gasteiger partial charge on any atom is 0.201 e. The van der Waals surface area contributed by atoms with E-state index >= 15 is 0 Å². The Kier molecular flexibility index (Phi) is 8.11. The fourth-order valence-corrected chi connectivity index (χ4v) is 3.54. The average Bonchev–Trinajstić information content (AvgIpc) is 2.96. The van der Waals surface area contributed by atoms with Gasteiger partial charge in [-0.2, -0.15) is 10.4 Å². The fourth-order valence-electron chi connectivity index (χ4n) is 2.76. The number of anilines is 1. The number of hydrogen-bond acceptors (Lipinski definition) is 7. The van der Waals surface area contributed by atoms with Gasteiger partial charge in [0.25, 0.3) is 0 Å². The molecule has 0 fully saturated rings. The maximum atomic E-state index is 12.4. The van der Waals surface area contributed by atoms with Gasteiger partial charge >= 0.3 is 0 Å². The van der Waals surface area contributed by atoms with Crippen LogP contribution in [0.3, 0.4) is 0 Å². The van der Waals surface area contributed by atoms with Crippen LogP contribution >= 0.6 is 11.8 Å². The van der Waals surface area contributed by atoms with Crippen molar-refractivity contribution in [3.63, 3.8) is 0 Å². The second-order valence-electron chi connectivity index (χ2n) is 6.31. The number of aryl methyl sites for hydroxylation is 1. The molecule has 0 aromatic heterocycles. The van der Waals surface area contributed by atoms with Crippen LogP contribution in [0, 0.1) is 24.2 Å². The third-order valence-electron chi connectivity index (χ3n) is 4.31. The van der Waals surface area contributed by atoms with Gasteiger partial charge in [0.2, 0.25) is 5.17 Å². The highest BCUT2D eigenvalue weighted by molar-refractivity contribution is 8.14. The largest absolute Gasteiger partial charge is 0.495 e. The number of carbonyl (C=O) groups excluding carboxylic acids is 1.